The highest BCUT2D eigenvalue weighted by Crippen LogP contribution is 2.24. The molecule has 1 aliphatic heterocycles. The molecule has 3 rings (SSSR count). The molecule has 0 fully saturated rings. The number of amides is 1. The summed E-state index contributed by atoms with van der Waals surface area (Å²) in [5.74, 6) is -1.30. The molecule has 0 radical (unpaired) electrons. The Morgan fingerprint density at radius 1 is 1.19 bits per heavy atom. The second-order valence-electron chi connectivity index (χ2n) is 6.27. The van der Waals surface area contributed by atoms with E-state index in [1.54, 1.807) is 20.2 Å². The van der Waals surface area contributed by atoms with E-state index in [0.29, 0.717) is 18.7 Å². The Morgan fingerprint density at radius 2 is 1.92 bits per heavy atom. The topological polar surface area (TPSA) is 44.7 Å². The average Bonchev–Trinajstić information content (AvgIpc) is 2.99. The maximum Gasteiger partial charge on any atom is 0.246 e. The van der Waals surface area contributed by atoms with Crippen LogP contribution in [0.3, 0.4) is 0 Å². The van der Waals surface area contributed by atoms with Gasteiger partial charge in [0.1, 0.15) is 11.6 Å². The number of aliphatic imine (C=N–C) groups is 1. The molecule has 2 aromatic carbocycles. The van der Waals surface area contributed by atoms with Crippen molar-refractivity contribution in [3.05, 3.63) is 76.9 Å². The predicted octanol–water partition coefficient (Wildman–Crippen LogP) is 3.52. The molecule has 0 atom stereocenters. The monoisotopic (exact) mass is 355 g/mol. The third-order valence-corrected chi connectivity index (χ3v) is 4.05. The Bertz CT molecular complexity index is 884. The molecule has 0 unspecified atom stereocenters. The number of likely N-dealkylation sites (N-methyl/N-ethyl adjacent to an activating group) is 1. The molecule has 0 aliphatic carbocycles. The smallest absolute Gasteiger partial charge is 0.246 e. The van der Waals surface area contributed by atoms with Crippen molar-refractivity contribution in [1.82, 2.24) is 4.90 Å². The van der Waals surface area contributed by atoms with Gasteiger partial charge in [0.2, 0.25) is 5.91 Å². The highest BCUT2D eigenvalue weighted by atomic mass is 19.1. The minimum Gasteiger partial charge on any atom is -0.381 e. The minimum absolute atomic E-state index is 0.108. The standard InChI is InChI=1S/C20H19F2N3O/c1-25(2)20(26)6-5-19-18-10-17(4-3-14(18)12-24-19)23-11-13-7-15(21)9-16(22)8-13/h3-10,23H,11-12H2,1-2H3/b6-5+. The van der Waals surface area contributed by atoms with Gasteiger partial charge in [-0.15, -0.1) is 0 Å². The van der Waals surface area contributed by atoms with Gasteiger partial charge in [-0.3, -0.25) is 9.79 Å². The molecule has 1 amide bonds. The van der Waals surface area contributed by atoms with Crippen LogP contribution in [-0.4, -0.2) is 30.6 Å². The molecule has 0 spiro atoms. The predicted molar refractivity (Wildman–Crippen MR) is 98.2 cm³/mol. The van der Waals surface area contributed by atoms with Crippen LogP contribution < -0.4 is 5.32 Å². The summed E-state index contributed by atoms with van der Waals surface area (Å²) in [7, 11) is 3.38. The number of nitrogens with zero attached hydrogens (tertiary/aromatic N) is 2. The molecule has 0 bridgehead atoms. The number of nitrogens with one attached hydrogen (secondary N) is 1. The maximum atomic E-state index is 13.3. The molecule has 1 aliphatic rings. The number of benzene rings is 2. The van der Waals surface area contributed by atoms with Crippen LogP contribution in [-0.2, 0) is 17.9 Å². The van der Waals surface area contributed by atoms with Crippen LogP contribution in [0.1, 0.15) is 16.7 Å². The lowest BCUT2D eigenvalue weighted by atomic mass is 10.0. The molecule has 1 N–H and O–H groups in total. The highest BCUT2D eigenvalue weighted by Gasteiger charge is 2.14. The summed E-state index contributed by atoms with van der Waals surface area (Å²) in [4.78, 5) is 17.6. The fourth-order valence-corrected chi connectivity index (χ4v) is 2.68. The van der Waals surface area contributed by atoms with E-state index in [9.17, 15) is 13.6 Å². The first-order valence-corrected chi connectivity index (χ1v) is 8.18. The Morgan fingerprint density at radius 3 is 2.62 bits per heavy atom. The van der Waals surface area contributed by atoms with Gasteiger partial charge in [-0.1, -0.05) is 6.07 Å². The van der Waals surface area contributed by atoms with Crippen molar-refractivity contribution in [2.75, 3.05) is 19.4 Å². The normalized spacial score (nSPS) is 12.8. The molecule has 6 heteroatoms. The molecule has 0 saturated carbocycles. The first-order valence-electron chi connectivity index (χ1n) is 8.18. The van der Waals surface area contributed by atoms with Gasteiger partial charge >= 0.3 is 0 Å². The Balaban J connectivity index is 1.73. The lowest BCUT2D eigenvalue weighted by molar-refractivity contribution is -0.123. The fourth-order valence-electron chi connectivity index (χ4n) is 2.68. The SMILES string of the molecule is CN(C)C(=O)/C=C/C1=NCc2ccc(NCc3cc(F)cc(F)c3)cc21. The zero-order valence-corrected chi connectivity index (χ0v) is 14.6. The van der Waals surface area contributed by atoms with Crippen LogP contribution in [0.15, 0.2) is 53.5 Å². The Hall–Kier alpha value is -3.02. The number of fused-ring (bicyclic) bond motifs is 1. The zero-order valence-electron chi connectivity index (χ0n) is 14.6. The van der Waals surface area contributed by atoms with Crippen LogP contribution >= 0.6 is 0 Å². The van der Waals surface area contributed by atoms with Gasteiger partial charge in [0, 0.05) is 44.0 Å². The van der Waals surface area contributed by atoms with Crippen molar-refractivity contribution in [2.24, 2.45) is 4.99 Å². The second-order valence-corrected chi connectivity index (χ2v) is 6.27. The van der Waals surface area contributed by atoms with Gasteiger partial charge in [-0.05, 0) is 41.5 Å². The van der Waals surface area contributed by atoms with Crippen molar-refractivity contribution in [2.45, 2.75) is 13.1 Å². The van der Waals surface area contributed by atoms with E-state index in [0.717, 1.165) is 28.6 Å². The van der Waals surface area contributed by atoms with Gasteiger partial charge in [-0.2, -0.15) is 0 Å². The number of rotatable bonds is 5. The van der Waals surface area contributed by atoms with Crippen LogP contribution in [0.25, 0.3) is 0 Å². The van der Waals surface area contributed by atoms with Crippen LogP contribution in [0.5, 0.6) is 0 Å². The van der Waals surface area contributed by atoms with Crippen molar-refractivity contribution >= 4 is 17.3 Å². The minimum atomic E-state index is -0.596. The van der Waals surface area contributed by atoms with Gasteiger partial charge in [0.25, 0.3) is 0 Å². The lowest BCUT2D eigenvalue weighted by Gasteiger charge is -2.09. The quantitative estimate of drug-likeness (QED) is 0.834. The molecule has 2 aromatic rings. The van der Waals surface area contributed by atoms with E-state index in [1.807, 2.05) is 18.2 Å². The van der Waals surface area contributed by atoms with Crippen molar-refractivity contribution in [3.63, 3.8) is 0 Å². The van der Waals surface area contributed by atoms with Gasteiger partial charge in [-0.25, -0.2) is 8.78 Å². The molecular weight excluding hydrogens is 336 g/mol. The van der Waals surface area contributed by atoms with Gasteiger partial charge in [0.15, 0.2) is 0 Å². The van der Waals surface area contributed by atoms with E-state index < -0.39 is 11.6 Å². The first-order chi connectivity index (χ1) is 12.4. The third-order valence-electron chi connectivity index (χ3n) is 4.05. The van der Waals surface area contributed by atoms with Gasteiger partial charge in [0.05, 0.1) is 12.3 Å². The third kappa shape index (κ3) is 4.14. The summed E-state index contributed by atoms with van der Waals surface area (Å²) in [6.07, 6.45) is 3.20. The molecule has 4 nitrogen and oxygen atoms in total. The number of anilines is 1. The molecule has 0 aromatic heterocycles. The maximum absolute atomic E-state index is 13.3. The van der Waals surface area contributed by atoms with Crippen molar-refractivity contribution in [1.29, 1.82) is 0 Å². The van der Waals surface area contributed by atoms with E-state index >= 15 is 0 Å². The molecule has 134 valence electrons. The van der Waals surface area contributed by atoms with Crippen LogP contribution in [0, 0.1) is 11.6 Å². The highest BCUT2D eigenvalue weighted by molar-refractivity contribution is 6.13. The van der Waals surface area contributed by atoms with E-state index in [1.165, 1.54) is 23.1 Å². The summed E-state index contributed by atoms with van der Waals surface area (Å²) in [5.41, 5.74) is 4.10. The summed E-state index contributed by atoms with van der Waals surface area (Å²) in [5, 5.41) is 3.16. The summed E-state index contributed by atoms with van der Waals surface area (Å²) in [6, 6.07) is 9.24. The Labute approximate surface area is 150 Å². The fraction of sp³-hybridized carbons (Fsp3) is 0.200. The number of carbonyl (C=O) groups excluding carboxylic acids is 1. The second kappa shape index (κ2) is 7.47. The van der Waals surface area contributed by atoms with E-state index in [4.69, 9.17) is 0 Å². The van der Waals surface area contributed by atoms with E-state index in [2.05, 4.69) is 10.3 Å². The number of carbonyl (C=O) groups is 1. The summed E-state index contributed by atoms with van der Waals surface area (Å²) in [6.45, 7) is 0.870. The number of hydrogen-bond donors (Lipinski definition) is 1. The van der Waals surface area contributed by atoms with Crippen LogP contribution in [0.4, 0.5) is 14.5 Å². The number of allylic oxidation sites excluding steroid dienone is 1. The largest absolute Gasteiger partial charge is 0.381 e. The van der Waals surface area contributed by atoms with E-state index in [-0.39, 0.29) is 5.91 Å². The number of halogens is 2. The summed E-state index contributed by atoms with van der Waals surface area (Å²) < 4.78 is 26.5. The zero-order chi connectivity index (χ0) is 18.7. The Kier molecular flexibility index (Phi) is 5.11. The van der Waals surface area contributed by atoms with Crippen molar-refractivity contribution in [3.8, 4) is 0 Å². The van der Waals surface area contributed by atoms with Gasteiger partial charge < -0.3 is 10.2 Å². The number of hydrogen-bond acceptors (Lipinski definition) is 3. The first kappa shape index (κ1) is 17.8. The summed E-state index contributed by atoms with van der Waals surface area (Å²) >= 11 is 0. The van der Waals surface area contributed by atoms with Crippen LogP contribution in [0.2, 0.25) is 0 Å². The average molecular weight is 355 g/mol. The lowest BCUT2D eigenvalue weighted by Crippen LogP contribution is -2.19. The molecular formula is C20H19F2N3O. The molecule has 1 heterocycles. The van der Waals surface area contributed by atoms with Crippen molar-refractivity contribution < 1.29 is 13.6 Å². The molecule has 0 saturated heterocycles. The molecule has 26 heavy (non-hydrogen) atoms.